The third kappa shape index (κ3) is 4.49. The predicted molar refractivity (Wildman–Crippen MR) is 132 cm³/mol. The van der Waals surface area contributed by atoms with Crippen molar-refractivity contribution in [3.05, 3.63) is 95.6 Å². The minimum atomic E-state index is -0.443. The van der Waals surface area contributed by atoms with E-state index in [-0.39, 0.29) is 17.5 Å². The summed E-state index contributed by atoms with van der Waals surface area (Å²) in [5.41, 5.74) is 3.29. The lowest BCUT2D eigenvalue weighted by molar-refractivity contribution is 0.0748. The highest BCUT2D eigenvalue weighted by atomic mass is 19.1. The van der Waals surface area contributed by atoms with Gasteiger partial charge in [-0.25, -0.2) is 13.8 Å². The monoisotopic (exact) mass is 471 g/mol. The van der Waals surface area contributed by atoms with Gasteiger partial charge < -0.3 is 9.80 Å². The van der Waals surface area contributed by atoms with Crippen molar-refractivity contribution in [2.24, 2.45) is 0 Å². The van der Waals surface area contributed by atoms with Gasteiger partial charge in [0.15, 0.2) is 5.78 Å². The molecule has 1 fully saturated rings. The van der Waals surface area contributed by atoms with Crippen molar-refractivity contribution in [1.29, 1.82) is 0 Å². The summed E-state index contributed by atoms with van der Waals surface area (Å²) in [6.45, 7) is 3.19. The molecule has 0 saturated carbocycles. The van der Waals surface area contributed by atoms with Crippen LogP contribution in [0.2, 0.25) is 0 Å². The number of pyridine rings is 1. The summed E-state index contributed by atoms with van der Waals surface area (Å²) in [5.74, 6) is -1.09. The van der Waals surface area contributed by atoms with E-state index in [1.54, 1.807) is 35.2 Å². The van der Waals surface area contributed by atoms with E-state index in [0.29, 0.717) is 54.2 Å². The summed E-state index contributed by atoms with van der Waals surface area (Å²) < 4.78 is 28.0. The number of carbonyl (C=O) groups is 2. The highest BCUT2D eigenvalue weighted by molar-refractivity contribution is 6.07. The number of aromatic nitrogens is 1. The van der Waals surface area contributed by atoms with Crippen LogP contribution in [-0.4, -0.2) is 47.8 Å². The Morgan fingerprint density at radius 3 is 2.26 bits per heavy atom. The Hall–Kier alpha value is -4.13. The third-order valence-corrected chi connectivity index (χ3v) is 6.35. The average molecular weight is 472 g/mol. The van der Waals surface area contributed by atoms with Gasteiger partial charge in [-0.05, 0) is 61.5 Å². The van der Waals surface area contributed by atoms with E-state index in [1.165, 1.54) is 25.1 Å². The molecule has 1 saturated heterocycles. The van der Waals surface area contributed by atoms with Gasteiger partial charge in [0.2, 0.25) is 0 Å². The van der Waals surface area contributed by atoms with Crippen LogP contribution in [0.4, 0.5) is 14.5 Å². The Morgan fingerprint density at radius 2 is 1.57 bits per heavy atom. The minimum absolute atomic E-state index is 0.126. The fourth-order valence-electron chi connectivity index (χ4n) is 4.42. The number of benzene rings is 3. The Labute approximate surface area is 201 Å². The number of anilines is 1. The highest BCUT2D eigenvalue weighted by Crippen LogP contribution is 2.27. The van der Waals surface area contributed by atoms with Crippen LogP contribution in [0, 0.1) is 11.6 Å². The Bertz CT molecular complexity index is 1430. The molecule has 35 heavy (non-hydrogen) atoms. The number of fused-ring (bicyclic) bond motifs is 1. The molecule has 0 spiro atoms. The van der Waals surface area contributed by atoms with E-state index in [9.17, 15) is 18.4 Å². The number of piperazine rings is 1. The van der Waals surface area contributed by atoms with E-state index in [0.717, 1.165) is 10.9 Å². The lowest BCUT2D eigenvalue weighted by Crippen LogP contribution is -2.49. The molecule has 0 atom stereocenters. The summed E-state index contributed by atoms with van der Waals surface area (Å²) in [7, 11) is 0. The van der Waals surface area contributed by atoms with Gasteiger partial charge >= 0.3 is 0 Å². The number of hydrogen-bond acceptors (Lipinski definition) is 4. The van der Waals surface area contributed by atoms with Crippen LogP contribution in [0.1, 0.15) is 27.6 Å². The maximum atomic E-state index is 14.6. The number of hydrogen-bond donors (Lipinski definition) is 0. The van der Waals surface area contributed by atoms with Crippen LogP contribution in [0.25, 0.3) is 22.2 Å². The van der Waals surface area contributed by atoms with Gasteiger partial charge in [0, 0.05) is 42.7 Å². The van der Waals surface area contributed by atoms with Gasteiger partial charge in [0.05, 0.1) is 22.5 Å². The Morgan fingerprint density at radius 1 is 0.857 bits per heavy atom. The zero-order valence-corrected chi connectivity index (χ0v) is 19.2. The molecule has 7 heteroatoms. The van der Waals surface area contributed by atoms with Crippen molar-refractivity contribution in [1.82, 2.24) is 9.88 Å². The van der Waals surface area contributed by atoms with Crippen molar-refractivity contribution < 1.29 is 18.4 Å². The van der Waals surface area contributed by atoms with Crippen molar-refractivity contribution in [2.45, 2.75) is 6.92 Å². The first-order valence-corrected chi connectivity index (χ1v) is 11.4. The number of para-hydroxylation sites is 1. The van der Waals surface area contributed by atoms with Crippen LogP contribution in [0.5, 0.6) is 0 Å². The van der Waals surface area contributed by atoms with Crippen LogP contribution in [-0.2, 0) is 0 Å². The Balaban J connectivity index is 1.40. The lowest BCUT2D eigenvalue weighted by Gasteiger charge is -2.36. The van der Waals surface area contributed by atoms with Gasteiger partial charge in [0.1, 0.15) is 11.6 Å². The molecule has 1 amide bonds. The molecule has 1 aromatic heterocycles. The van der Waals surface area contributed by atoms with Gasteiger partial charge in [-0.2, -0.15) is 0 Å². The summed E-state index contributed by atoms with van der Waals surface area (Å²) in [5, 5.41) is 0.747. The van der Waals surface area contributed by atoms with Crippen LogP contribution < -0.4 is 4.90 Å². The molecule has 0 radical (unpaired) electrons. The zero-order chi connectivity index (χ0) is 24.5. The molecule has 2 heterocycles. The van der Waals surface area contributed by atoms with E-state index in [4.69, 9.17) is 0 Å². The first-order valence-electron chi connectivity index (χ1n) is 11.4. The molecule has 0 N–H and O–H groups in total. The Kier molecular flexibility index (Phi) is 5.99. The van der Waals surface area contributed by atoms with Crippen LogP contribution in [0.3, 0.4) is 0 Å². The first-order chi connectivity index (χ1) is 16.9. The van der Waals surface area contributed by atoms with E-state index in [2.05, 4.69) is 4.98 Å². The summed E-state index contributed by atoms with van der Waals surface area (Å²) >= 11 is 0. The number of nitrogens with zero attached hydrogens (tertiary/aromatic N) is 3. The van der Waals surface area contributed by atoms with Gasteiger partial charge in [0.25, 0.3) is 5.91 Å². The number of halogens is 2. The number of carbonyl (C=O) groups excluding carboxylic acids is 2. The number of rotatable bonds is 4. The van der Waals surface area contributed by atoms with Crippen molar-refractivity contribution in [2.75, 3.05) is 31.1 Å². The van der Waals surface area contributed by atoms with Crippen LogP contribution in [0.15, 0.2) is 72.8 Å². The van der Waals surface area contributed by atoms with E-state index >= 15 is 0 Å². The summed E-state index contributed by atoms with van der Waals surface area (Å²) in [4.78, 5) is 33.4. The normalized spacial score (nSPS) is 13.8. The maximum absolute atomic E-state index is 14.6. The predicted octanol–water partition coefficient (Wildman–Crippen LogP) is 5.35. The quantitative estimate of drug-likeness (QED) is 0.377. The second kappa shape index (κ2) is 9.25. The topological polar surface area (TPSA) is 53.5 Å². The minimum Gasteiger partial charge on any atom is -0.366 e. The first kappa shape index (κ1) is 22.7. The summed E-state index contributed by atoms with van der Waals surface area (Å²) in [6.07, 6.45) is 0. The molecule has 0 bridgehead atoms. The molecule has 0 aliphatic carbocycles. The van der Waals surface area contributed by atoms with Crippen molar-refractivity contribution in [3.8, 4) is 11.3 Å². The molecule has 4 aromatic rings. The molecular weight excluding hydrogens is 448 g/mol. The number of amides is 1. The number of Topliss-reactive ketones (excluding diaryl/α,β-unsaturated/α-hetero) is 1. The number of ketones is 1. The second-order valence-electron chi connectivity index (χ2n) is 8.58. The lowest BCUT2D eigenvalue weighted by atomic mass is 10.0. The molecular formula is C28H23F2N3O2. The van der Waals surface area contributed by atoms with Crippen molar-refractivity contribution in [3.63, 3.8) is 0 Å². The maximum Gasteiger partial charge on any atom is 0.254 e. The second-order valence-corrected chi connectivity index (χ2v) is 8.58. The zero-order valence-electron chi connectivity index (χ0n) is 19.2. The molecule has 176 valence electrons. The largest absolute Gasteiger partial charge is 0.366 e. The van der Waals surface area contributed by atoms with Crippen molar-refractivity contribution >= 4 is 28.3 Å². The van der Waals surface area contributed by atoms with E-state index < -0.39 is 5.82 Å². The molecule has 0 unspecified atom stereocenters. The molecule has 5 rings (SSSR count). The van der Waals surface area contributed by atoms with E-state index in [1.807, 2.05) is 29.2 Å². The summed E-state index contributed by atoms with van der Waals surface area (Å²) in [6, 6.07) is 19.7. The van der Waals surface area contributed by atoms with Gasteiger partial charge in [-0.3, -0.25) is 9.59 Å². The molecule has 1 aliphatic heterocycles. The van der Waals surface area contributed by atoms with Gasteiger partial charge in [-0.1, -0.05) is 18.2 Å². The molecule has 3 aromatic carbocycles. The smallest absolute Gasteiger partial charge is 0.254 e. The molecule has 5 nitrogen and oxygen atoms in total. The molecule has 1 aliphatic rings. The third-order valence-electron chi connectivity index (χ3n) is 6.35. The van der Waals surface area contributed by atoms with Gasteiger partial charge in [-0.15, -0.1) is 0 Å². The highest BCUT2D eigenvalue weighted by Gasteiger charge is 2.26. The fourth-order valence-corrected chi connectivity index (χ4v) is 4.42. The SMILES string of the molecule is CC(=O)c1ccc(N2CCN(C(=O)c3cc(-c4ccc(F)cc4)nc4ccccc34)CC2)c(F)c1. The van der Waals surface area contributed by atoms with Crippen LogP contribution >= 0.6 is 0 Å². The standard InChI is InChI=1S/C28H23F2N3O2/c1-18(34)20-8-11-27(24(30)16-20)32-12-14-33(15-13-32)28(35)23-17-26(19-6-9-21(29)10-7-19)31-25-5-3-2-4-22(23)25/h2-11,16-17H,12-15H2,1H3. The average Bonchev–Trinajstić information content (AvgIpc) is 2.88. The fraction of sp³-hybridized carbons (Fsp3) is 0.179.